The van der Waals surface area contributed by atoms with Gasteiger partial charge in [-0.3, -0.25) is 9.59 Å². The van der Waals surface area contributed by atoms with E-state index in [0.717, 1.165) is 6.07 Å². The Morgan fingerprint density at radius 1 is 0.921 bits per heavy atom. The molecule has 192 valence electrons. The average Bonchev–Trinajstić information content (AvgIpc) is 3.31. The predicted octanol–water partition coefficient (Wildman–Crippen LogP) is 5.58. The van der Waals surface area contributed by atoms with Gasteiger partial charge in [-0.05, 0) is 79.7 Å². The number of methoxy groups -OCH3 is 1. The molecule has 2 N–H and O–H groups in total. The third-order valence-electron chi connectivity index (χ3n) is 5.48. The lowest BCUT2D eigenvalue weighted by atomic mass is 10.1. The number of hydrogen-bond donors (Lipinski definition) is 2. The summed E-state index contributed by atoms with van der Waals surface area (Å²) in [6.45, 7) is 1.42. The number of aryl methyl sites for hydroxylation is 1. The van der Waals surface area contributed by atoms with Crippen LogP contribution in [-0.4, -0.2) is 28.7 Å². The molecule has 1 heterocycles. The number of aromatic nitrogens is 2. The molecule has 0 saturated carbocycles. The molecule has 0 radical (unpaired) electrons. The Bertz CT molecular complexity index is 1540. The van der Waals surface area contributed by atoms with Crippen molar-refractivity contribution in [2.24, 2.45) is 0 Å². The Hall–Kier alpha value is -5.11. The van der Waals surface area contributed by atoms with Crippen molar-refractivity contribution in [3.8, 4) is 17.5 Å². The van der Waals surface area contributed by atoms with E-state index in [9.17, 15) is 22.8 Å². The maximum absolute atomic E-state index is 13.7. The van der Waals surface area contributed by atoms with Crippen LogP contribution in [0.2, 0.25) is 0 Å². The van der Waals surface area contributed by atoms with Crippen molar-refractivity contribution in [2.45, 2.75) is 13.1 Å². The second kappa shape index (κ2) is 10.5. The molecule has 0 aliphatic rings. The molecular weight excluding hydrogens is 499 g/mol. The number of benzene rings is 3. The smallest absolute Gasteiger partial charge is 0.433 e. The van der Waals surface area contributed by atoms with Crippen LogP contribution in [0.1, 0.15) is 37.7 Å². The zero-order valence-corrected chi connectivity index (χ0v) is 20.1. The minimum Gasteiger partial charge on any atom is -0.497 e. The minimum atomic E-state index is -4.71. The summed E-state index contributed by atoms with van der Waals surface area (Å²) in [5.74, 6) is -0.545. The van der Waals surface area contributed by atoms with Crippen LogP contribution in [0.15, 0.2) is 72.8 Å². The number of anilines is 2. The van der Waals surface area contributed by atoms with Gasteiger partial charge in [0.05, 0.1) is 35.8 Å². The first-order valence-corrected chi connectivity index (χ1v) is 11.1. The first-order chi connectivity index (χ1) is 18.1. The first-order valence-electron chi connectivity index (χ1n) is 11.1. The molecule has 4 aromatic rings. The van der Waals surface area contributed by atoms with Crippen molar-refractivity contribution in [1.82, 2.24) is 9.78 Å². The fourth-order valence-corrected chi connectivity index (χ4v) is 3.62. The number of carbonyl (C=O) groups excluding carboxylic acids is 2. The Morgan fingerprint density at radius 2 is 1.53 bits per heavy atom. The van der Waals surface area contributed by atoms with Gasteiger partial charge in [-0.1, -0.05) is 0 Å². The summed E-state index contributed by atoms with van der Waals surface area (Å²) >= 11 is 0. The van der Waals surface area contributed by atoms with E-state index in [4.69, 9.17) is 10.00 Å². The molecular formula is C27H20F3N5O3. The molecule has 38 heavy (non-hydrogen) atoms. The molecule has 0 atom stereocenters. The summed E-state index contributed by atoms with van der Waals surface area (Å²) in [6.07, 6.45) is -4.71. The van der Waals surface area contributed by atoms with E-state index in [0.29, 0.717) is 21.6 Å². The lowest BCUT2D eigenvalue weighted by molar-refractivity contribution is -0.142. The van der Waals surface area contributed by atoms with Gasteiger partial charge in [-0.25, -0.2) is 4.68 Å². The first kappa shape index (κ1) is 26.0. The number of rotatable bonds is 6. The Labute approximate surface area is 215 Å². The molecule has 0 aliphatic carbocycles. The van der Waals surface area contributed by atoms with Crippen LogP contribution < -0.4 is 15.4 Å². The lowest BCUT2D eigenvalue weighted by Crippen LogP contribution is -2.18. The van der Waals surface area contributed by atoms with Gasteiger partial charge in [0, 0.05) is 16.8 Å². The highest BCUT2D eigenvalue weighted by molar-refractivity contribution is 6.07. The topological polar surface area (TPSA) is 109 Å². The van der Waals surface area contributed by atoms with Crippen LogP contribution >= 0.6 is 0 Å². The van der Waals surface area contributed by atoms with Gasteiger partial charge in [0.15, 0.2) is 0 Å². The predicted molar refractivity (Wildman–Crippen MR) is 133 cm³/mol. The fourth-order valence-electron chi connectivity index (χ4n) is 3.62. The summed E-state index contributed by atoms with van der Waals surface area (Å²) in [4.78, 5) is 25.7. The number of ether oxygens (including phenoxy) is 1. The molecule has 0 saturated heterocycles. The van der Waals surface area contributed by atoms with Crippen molar-refractivity contribution < 1.29 is 27.5 Å². The molecule has 0 unspecified atom stereocenters. The molecule has 3 aromatic carbocycles. The Kier molecular flexibility index (Phi) is 7.16. The van der Waals surface area contributed by atoms with Crippen molar-refractivity contribution >= 4 is 23.2 Å². The zero-order valence-electron chi connectivity index (χ0n) is 20.1. The number of alkyl halides is 3. The molecule has 0 spiro atoms. The third kappa shape index (κ3) is 5.65. The Morgan fingerprint density at radius 3 is 2.11 bits per heavy atom. The van der Waals surface area contributed by atoms with Crippen molar-refractivity contribution in [2.75, 3.05) is 17.7 Å². The number of amides is 2. The van der Waals surface area contributed by atoms with E-state index < -0.39 is 23.7 Å². The minimum absolute atomic E-state index is 0.0273. The maximum atomic E-state index is 13.7. The zero-order chi connectivity index (χ0) is 27.4. The van der Waals surface area contributed by atoms with E-state index >= 15 is 0 Å². The molecule has 2 amide bonds. The highest BCUT2D eigenvalue weighted by atomic mass is 19.4. The second-order valence-electron chi connectivity index (χ2n) is 8.14. The highest BCUT2D eigenvalue weighted by Gasteiger charge is 2.36. The Balaban J connectivity index is 1.72. The summed E-state index contributed by atoms with van der Waals surface area (Å²) in [7, 11) is 1.50. The number of halogens is 3. The fraction of sp³-hybridized carbons (Fsp3) is 0.111. The number of hydrogen-bond acceptors (Lipinski definition) is 5. The lowest BCUT2D eigenvalue weighted by Gasteiger charge is -2.17. The molecule has 11 heteroatoms. The number of carbonyl (C=O) groups is 2. The quantitative estimate of drug-likeness (QED) is 0.346. The van der Waals surface area contributed by atoms with E-state index in [-0.39, 0.29) is 28.3 Å². The molecule has 0 bridgehead atoms. The van der Waals surface area contributed by atoms with Crippen LogP contribution in [0.3, 0.4) is 0 Å². The van der Waals surface area contributed by atoms with E-state index in [1.165, 1.54) is 56.5 Å². The number of nitrogens with one attached hydrogen (secondary N) is 2. The third-order valence-corrected chi connectivity index (χ3v) is 5.48. The van der Waals surface area contributed by atoms with Gasteiger partial charge in [-0.2, -0.15) is 23.5 Å². The van der Waals surface area contributed by atoms with E-state index in [2.05, 4.69) is 15.7 Å². The van der Waals surface area contributed by atoms with Gasteiger partial charge in [0.1, 0.15) is 11.4 Å². The van der Waals surface area contributed by atoms with Crippen molar-refractivity contribution in [3.05, 3.63) is 101 Å². The molecule has 1 aromatic heterocycles. The summed E-state index contributed by atoms with van der Waals surface area (Å²) < 4.78 is 47.0. The number of nitrogens with zero attached hydrogens (tertiary/aromatic N) is 3. The maximum Gasteiger partial charge on any atom is 0.433 e. The van der Waals surface area contributed by atoms with Crippen molar-refractivity contribution in [3.63, 3.8) is 0 Å². The SMILES string of the molecule is COc1ccc(C(=O)Nc2ccc(-n3nc(C)cc3C(F)(F)F)c(NC(=O)c3ccc(C#N)cc3)c2)cc1. The molecule has 4 rings (SSSR count). The molecule has 0 fully saturated rings. The number of nitriles is 1. The van der Waals surface area contributed by atoms with Gasteiger partial charge in [0.25, 0.3) is 11.8 Å². The molecule has 8 nitrogen and oxygen atoms in total. The van der Waals surface area contributed by atoms with Gasteiger partial charge < -0.3 is 15.4 Å². The largest absolute Gasteiger partial charge is 0.497 e. The molecule has 0 aliphatic heterocycles. The second-order valence-corrected chi connectivity index (χ2v) is 8.14. The van der Waals surface area contributed by atoms with Gasteiger partial charge in [-0.15, -0.1) is 0 Å². The van der Waals surface area contributed by atoms with Crippen LogP contribution in [0.4, 0.5) is 24.5 Å². The monoisotopic (exact) mass is 519 g/mol. The highest BCUT2D eigenvalue weighted by Crippen LogP contribution is 2.34. The van der Waals surface area contributed by atoms with Crippen LogP contribution in [0, 0.1) is 18.3 Å². The van der Waals surface area contributed by atoms with Crippen molar-refractivity contribution in [1.29, 1.82) is 5.26 Å². The van der Waals surface area contributed by atoms with Crippen LogP contribution in [0.25, 0.3) is 5.69 Å². The summed E-state index contributed by atoms with van der Waals surface area (Å²) in [5, 5.41) is 18.2. The van der Waals surface area contributed by atoms with Crippen LogP contribution in [0.5, 0.6) is 5.75 Å². The summed E-state index contributed by atoms with van der Waals surface area (Å²) in [5.41, 5.74) is 0.0673. The summed E-state index contributed by atoms with van der Waals surface area (Å²) in [6, 6.07) is 19.0. The van der Waals surface area contributed by atoms with Gasteiger partial charge in [0.2, 0.25) is 0 Å². The standard InChI is InChI=1S/C27H20F3N5O3/c1-16-13-24(27(28,29)30)35(34-16)23-12-9-20(32-25(36)19-7-10-21(38-2)11-8-19)14-22(23)33-26(37)18-5-3-17(15-31)4-6-18/h3-14H,1-2H3,(H,32,36)(H,33,37). The van der Waals surface area contributed by atoms with Gasteiger partial charge >= 0.3 is 6.18 Å². The normalized spacial score (nSPS) is 10.9. The average molecular weight is 519 g/mol. The van der Waals surface area contributed by atoms with E-state index in [1.807, 2.05) is 6.07 Å². The van der Waals surface area contributed by atoms with E-state index in [1.54, 1.807) is 24.3 Å². The van der Waals surface area contributed by atoms with Crippen LogP contribution in [-0.2, 0) is 6.18 Å².